The molecule has 1 N–H and O–H groups in total. The van der Waals surface area contributed by atoms with Gasteiger partial charge in [0, 0.05) is 17.8 Å². The molecule has 1 heterocycles. The van der Waals surface area contributed by atoms with Crippen LogP contribution in [0, 0.1) is 10.1 Å². The summed E-state index contributed by atoms with van der Waals surface area (Å²) >= 11 is 0. The van der Waals surface area contributed by atoms with Gasteiger partial charge in [-0.2, -0.15) is 0 Å². The lowest BCUT2D eigenvalue weighted by molar-refractivity contribution is -0.384. The molecule has 0 unspecified atom stereocenters. The van der Waals surface area contributed by atoms with E-state index in [-0.39, 0.29) is 28.1 Å². The SMILES string of the molecule is COC(=O)C1=C(C=O)NC(C)=C(C(=O)OC(C)C)[C@H]1c1cccc([N+](=O)[O-])c1. The van der Waals surface area contributed by atoms with Crippen molar-refractivity contribution in [3.05, 3.63) is 62.5 Å². The average molecular weight is 388 g/mol. The molecule has 1 atom stereocenters. The van der Waals surface area contributed by atoms with Crippen LogP contribution in [0.5, 0.6) is 0 Å². The fourth-order valence-corrected chi connectivity index (χ4v) is 2.98. The van der Waals surface area contributed by atoms with Gasteiger partial charge in [-0.3, -0.25) is 14.9 Å². The number of benzene rings is 1. The summed E-state index contributed by atoms with van der Waals surface area (Å²) in [6.45, 7) is 4.89. The van der Waals surface area contributed by atoms with E-state index >= 15 is 0 Å². The number of dihydropyridines is 1. The van der Waals surface area contributed by atoms with E-state index in [1.165, 1.54) is 24.3 Å². The summed E-state index contributed by atoms with van der Waals surface area (Å²) in [6, 6.07) is 5.50. The lowest BCUT2D eigenvalue weighted by Gasteiger charge is -2.30. The van der Waals surface area contributed by atoms with E-state index in [4.69, 9.17) is 9.47 Å². The first-order valence-electron chi connectivity index (χ1n) is 8.42. The zero-order valence-corrected chi connectivity index (χ0v) is 15.8. The standard InChI is InChI=1S/C19H20N2O7/c1-10(2)28-19(24)15-11(3)20-14(9-22)17(18(23)27-4)16(15)12-6-5-7-13(8-12)21(25)26/h5-10,16,20H,1-4H3/t16-/m1/s1. The van der Waals surface area contributed by atoms with Crippen LogP contribution in [0.2, 0.25) is 0 Å². The van der Waals surface area contributed by atoms with Gasteiger partial charge in [0.15, 0.2) is 6.29 Å². The number of nitrogens with one attached hydrogen (secondary N) is 1. The molecule has 0 radical (unpaired) electrons. The molecule has 2 rings (SSSR count). The third-order valence-corrected chi connectivity index (χ3v) is 4.09. The van der Waals surface area contributed by atoms with Crippen molar-refractivity contribution in [3.8, 4) is 0 Å². The van der Waals surface area contributed by atoms with E-state index in [1.807, 2.05) is 0 Å². The van der Waals surface area contributed by atoms with Crippen LogP contribution in [0.25, 0.3) is 0 Å². The summed E-state index contributed by atoms with van der Waals surface area (Å²) in [5.74, 6) is -2.61. The van der Waals surface area contributed by atoms with Crippen molar-refractivity contribution in [1.82, 2.24) is 5.32 Å². The molecule has 28 heavy (non-hydrogen) atoms. The molecule has 9 heteroatoms. The molecule has 0 fully saturated rings. The lowest BCUT2D eigenvalue weighted by Crippen LogP contribution is -2.34. The Kier molecular flexibility index (Phi) is 6.29. The highest BCUT2D eigenvalue weighted by Crippen LogP contribution is 2.39. The van der Waals surface area contributed by atoms with Gasteiger partial charge in [-0.25, -0.2) is 9.59 Å². The van der Waals surface area contributed by atoms with Crippen molar-refractivity contribution in [2.45, 2.75) is 32.8 Å². The van der Waals surface area contributed by atoms with Crippen molar-refractivity contribution < 1.29 is 28.8 Å². The molecule has 1 aromatic carbocycles. The van der Waals surface area contributed by atoms with E-state index in [0.29, 0.717) is 12.0 Å². The smallest absolute Gasteiger partial charge is 0.337 e. The number of nitrogens with zero attached hydrogens (tertiary/aromatic N) is 1. The number of methoxy groups -OCH3 is 1. The Morgan fingerprint density at radius 3 is 2.46 bits per heavy atom. The molecule has 1 aliphatic heterocycles. The number of allylic oxidation sites excluding steroid dienone is 2. The van der Waals surface area contributed by atoms with Crippen LogP contribution in [-0.2, 0) is 23.9 Å². The van der Waals surface area contributed by atoms with Crippen LogP contribution in [0.4, 0.5) is 5.69 Å². The maximum absolute atomic E-state index is 12.8. The largest absolute Gasteiger partial charge is 0.466 e. The molecule has 0 amide bonds. The van der Waals surface area contributed by atoms with Gasteiger partial charge < -0.3 is 14.8 Å². The third kappa shape index (κ3) is 4.08. The molecule has 0 bridgehead atoms. The molecule has 0 spiro atoms. The maximum atomic E-state index is 12.8. The summed E-state index contributed by atoms with van der Waals surface area (Å²) in [5, 5.41) is 13.9. The molecular formula is C19H20N2O7. The summed E-state index contributed by atoms with van der Waals surface area (Å²) in [4.78, 5) is 47.4. The number of non-ortho nitro benzene ring substituents is 1. The van der Waals surface area contributed by atoms with Gasteiger partial charge in [-0.15, -0.1) is 0 Å². The monoisotopic (exact) mass is 388 g/mol. The van der Waals surface area contributed by atoms with Crippen molar-refractivity contribution >= 4 is 23.9 Å². The van der Waals surface area contributed by atoms with Gasteiger partial charge in [0.1, 0.15) is 0 Å². The highest BCUT2D eigenvalue weighted by atomic mass is 16.6. The fraction of sp³-hybridized carbons (Fsp3) is 0.316. The molecule has 0 saturated heterocycles. The predicted octanol–water partition coefficient (Wildman–Crippen LogP) is 2.13. The molecule has 0 aromatic heterocycles. The molecule has 1 aromatic rings. The summed E-state index contributed by atoms with van der Waals surface area (Å²) in [6.07, 6.45) is 0.00146. The normalized spacial score (nSPS) is 16.5. The minimum atomic E-state index is -1.07. The Morgan fingerprint density at radius 2 is 1.93 bits per heavy atom. The van der Waals surface area contributed by atoms with Gasteiger partial charge in [0.25, 0.3) is 5.69 Å². The first-order chi connectivity index (χ1) is 13.2. The van der Waals surface area contributed by atoms with Gasteiger partial charge in [-0.1, -0.05) is 12.1 Å². The predicted molar refractivity (Wildman–Crippen MR) is 98.0 cm³/mol. The second-order valence-corrected chi connectivity index (χ2v) is 6.34. The number of hydrogen-bond acceptors (Lipinski definition) is 8. The van der Waals surface area contributed by atoms with Gasteiger partial charge in [0.05, 0.1) is 40.9 Å². The molecule has 9 nitrogen and oxygen atoms in total. The van der Waals surface area contributed by atoms with E-state index in [0.717, 1.165) is 7.11 Å². The fourth-order valence-electron chi connectivity index (χ4n) is 2.98. The van der Waals surface area contributed by atoms with Crippen LogP contribution >= 0.6 is 0 Å². The van der Waals surface area contributed by atoms with Crippen molar-refractivity contribution in [3.63, 3.8) is 0 Å². The Hall–Kier alpha value is -3.49. The third-order valence-electron chi connectivity index (χ3n) is 4.09. The zero-order valence-electron chi connectivity index (χ0n) is 15.8. The van der Waals surface area contributed by atoms with Gasteiger partial charge >= 0.3 is 11.9 Å². The average Bonchev–Trinajstić information content (AvgIpc) is 2.65. The summed E-state index contributed by atoms with van der Waals surface area (Å²) in [5.41, 5.74) is 0.228. The highest BCUT2D eigenvalue weighted by Gasteiger charge is 2.39. The van der Waals surface area contributed by atoms with Crippen LogP contribution in [-0.4, -0.2) is 36.4 Å². The number of nitro groups is 1. The maximum Gasteiger partial charge on any atom is 0.337 e. The van der Waals surface area contributed by atoms with E-state index in [2.05, 4.69) is 5.32 Å². The van der Waals surface area contributed by atoms with Crippen molar-refractivity contribution in [1.29, 1.82) is 0 Å². The molecule has 0 aliphatic carbocycles. The molecular weight excluding hydrogens is 368 g/mol. The van der Waals surface area contributed by atoms with Crippen molar-refractivity contribution in [2.75, 3.05) is 7.11 Å². The Bertz CT molecular complexity index is 899. The first-order valence-corrected chi connectivity index (χ1v) is 8.42. The Balaban J connectivity index is 2.75. The number of aldehydes is 1. The van der Waals surface area contributed by atoms with E-state index < -0.39 is 28.9 Å². The molecule has 0 saturated carbocycles. The summed E-state index contributed by atoms with van der Waals surface area (Å²) < 4.78 is 10.1. The molecule has 148 valence electrons. The van der Waals surface area contributed by atoms with E-state index in [1.54, 1.807) is 20.8 Å². The van der Waals surface area contributed by atoms with E-state index in [9.17, 15) is 24.5 Å². The van der Waals surface area contributed by atoms with Crippen LogP contribution < -0.4 is 5.32 Å². The minimum absolute atomic E-state index is 0.0696. The Morgan fingerprint density at radius 1 is 1.25 bits per heavy atom. The van der Waals surface area contributed by atoms with Crippen molar-refractivity contribution in [2.24, 2.45) is 0 Å². The quantitative estimate of drug-likeness (QED) is 0.340. The second-order valence-electron chi connectivity index (χ2n) is 6.34. The minimum Gasteiger partial charge on any atom is -0.466 e. The lowest BCUT2D eigenvalue weighted by atomic mass is 9.80. The molecule has 1 aliphatic rings. The Labute approximate surface area is 161 Å². The number of esters is 2. The van der Waals surface area contributed by atoms with Crippen LogP contribution in [0.1, 0.15) is 32.3 Å². The van der Waals surface area contributed by atoms with Crippen LogP contribution in [0.15, 0.2) is 46.8 Å². The topological polar surface area (TPSA) is 125 Å². The number of nitro benzene ring substituents is 1. The number of carbonyl (C=O) groups is 3. The number of carbonyl (C=O) groups excluding carboxylic acids is 3. The zero-order chi connectivity index (χ0) is 21.0. The number of ether oxygens (including phenoxy) is 2. The number of hydrogen-bond donors (Lipinski definition) is 1. The van der Waals surface area contributed by atoms with Crippen LogP contribution in [0.3, 0.4) is 0 Å². The second kappa shape index (κ2) is 8.47. The summed E-state index contributed by atoms with van der Waals surface area (Å²) in [7, 11) is 1.14. The number of rotatable bonds is 6. The van der Waals surface area contributed by atoms with Gasteiger partial charge in [0.2, 0.25) is 0 Å². The first kappa shape index (κ1) is 20.8. The highest BCUT2D eigenvalue weighted by molar-refractivity contribution is 6.03. The van der Waals surface area contributed by atoms with Gasteiger partial charge in [-0.05, 0) is 26.3 Å².